The van der Waals surface area contributed by atoms with E-state index < -0.39 is 16.6 Å². The van der Waals surface area contributed by atoms with Crippen LogP contribution in [0.2, 0.25) is 0 Å². The molecule has 96 valence electrons. The van der Waals surface area contributed by atoms with Crippen molar-refractivity contribution in [1.82, 2.24) is 5.32 Å². The summed E-state index contributed by atoms with van der Waals surface area (Å²) in [5.41, 5.74) is -0.469. The molecule has 1 saturated heterocycles. The third-order valence-electron chi connectivity index (χ3n) is 1.96. The zero-order chi connectivity index (χ0) is 12.7. The molecule has 17 heavy (non-hydrogen) atoms. The van der Waals surface area contributed by atoms with E-state index in [-0.39, 0.29) is 6.61 Å². The topological polar surface area (TPSA) is 81.5 Å². The van der Waals surface area contributed by atoms with Gasteiger partial charge < -0.3 is 10.1 Å². The molecule has 1 aliphatic heterocycles. The van der Waals surface area contributed by atoms with Crippen molar-refractivity contribution in [3.63, 3.8) is 0 Å². The number of nitrogens with one attached hydrogen (secondary N) is 1. The SMILES string of the molecule is O=C(OCCCI)C(=C1NCCCS1)[N+](=O)[O-]. The van der Waals surface area contributed by atoms with Gasteiger partial charge in [0.2, 0.25) is 0 Å². The third-order valence-corrected chi connectivity index (χ3v) is 3.84. The maximum absolute atomic E-state index is 11.6. The molecule has 1 heterocycles. The van der Waals surface area contributed by atoms with Crippen LogP contribution in [0.15, 0.2) is 10.7 Å². The molecular formula is C9H13IN2O4S. The molecule has 0 aliphatic carbocycles. The zero-order valence-electron chi connectivity index (χ0n) is 9.11. The number of alkyl halides is 1. The number of carbonyl (C=O) groups excluding carboxylic acids is 1. The van der Waals surface area contributed by atoms with Gasteiger partial charge in [0.05, 0.1) is 11.5 Å². The van der Waals surface area contributed by atoms with E-state index in [0.717, 1.165) is 16.6 Å². The van der Waals surface area contributed by atoms with Crippen molar-refractivity contribution in [2.75, 3.05) is 23.3 Å². The molecule has 0 bridgehead atoms. The lowest BCUT2D eigenvalue weighted by molar-refractivity contribution is -0.422. The number of hydrogen-bond acceptors (Lipinski definition) is 6. The van der Waals surface area contributed by atoms with Crippen molar-refractivity contribution in [3.8, 4) is 0 Å². The summed E-state index contributed by atoms with van der Waals surface area (Å²) in [6, 6.07) is 0. The molecule has 1 fully saturated rings. The molecule has 1 N–H and O–H groups in total. The van der Waals surface area contributed by atoms with Crippen molar-refractivity contribution < 1.29 is 14.5 Å². The lowest BCUT2D eigenvalue weighted by atomic mass is 10.4. The number of carbonyl (C=O) groups is 1. The Morgan fingerprint density at radius 2 is 2.41 bits per heavy atom. The van der Waals surface area contributed by atoms with E-state index in [1.54, 1.807) is 0 Å². The second-order valence-electron chi connectivity index (χ2n) is 3.24. The van der Waals surface area contributed by atoms with Gasteiger partial charge in [-0.15, -0.1) is 11.8 Å². The van der Waals surface area contributed by atoms with Crippen LogP contribution >= 0.6 is 34.4 Å². The monoisotopic (exact) mass is 372 g/mol. The van der Waals surface area contributed by atoms with Crippen LogP contribution in [0, 0.1) is 10.1 Å². The molecule has 6 nitrogen and oxygen atoms in total. The Kier molecular flexibility index (Phi) is 6.63. The number of halogens is 1. The minimum Gasteiger partial charge on any atom is -0.457 e. The zero-order valence-corrected chi connectivity index (χ0v) is 12.1. The maximum atomic E-state index is 11.6. The standard InChI is InChI=1S/C9H13IN2O4S/c10-3-1-5-16-9(13)7(12(14)15)8-11-4-2-6-17-8/h11H,1-6H2. The van der Waals surface area contributed by atoms with E-state index in [9.17, 15) is 14.9 Å². The fraction of sp³-hybridized carbons (Fsp3) is 0.667. The van der Waals surface area contributed by atoms with Gasteiger partial charge in [0.15, 0.2) is 5.03 Å². The van der Waals surface area contributed by atoms with Crippen molar-refractivity contribution in [3.05, 3.63) is 20.8 Å². The summed E-state index contributed by atoms with van der Waals surface area (Å²) in [4.78, 5) is 21.8. The summed E-state index contributed by atoms with van der Waals surface area (Å²) in [5, 5.41) is 14.1. The van der Waals surface area contributed by atoms with Crippen molar-refractivity contribution >= 4 is 40.3 Å². The lowest BCUT2D eigenvalue weighted by Crippen LogP contribution is -2.26. The van der Waals surface area contributed by atoms with Crippen LogP contribution in [0.3, 0.4) is 0 Å². The van der Waals surface area contributed by atoms with E-state index in [1.165, 1.54) is 11.8 Å². The van der Waals surface area contributed by atoms with Crippen LogP contribution in [-0.4, -0.2) is 34.2 Å². The molecule has 8 heteroatoms. The molecule has 0 saturated carbocycles. The first-order chi connectivity index (χ1) is 8.16. The highest BCUT2D eigenvalue weighted by atomic mass is 127. The van der Waals surface area contributed by atoms with Gasteiger partial charge in [-0.2, -0.15) is 0 Å². The van der Waals surface area contributed by atoms with E-state index >= 15 is 0 Å². The summed E-state index contributed by atoms with van der Waals surface area (Å²) in [6.45, 7) is 0.873. The van der Waals surface area contributed by atoms with Crippen LogP contribution in [0.1, 0.15) is 12.8 Å². The van der Waals surface area contributed by atoms with Crippen molar-refractivity contribution in [1.29, 1.82) is 0 Å². The predicted octanol–water partition coefficient (Wildman–Crippen LogP) is 1.53. The molecule has 0 aromatic heterocycles. The van der Waals surface area contributed by atoms with E-state index in [4.69, 9.17) is 4.74 Å². The number of rotatable bonds is 5. The summed E-state index contributed by atoms with van der Waals surface area (Å²) < 4.78 is 5.71. The second-order valence-corrected chi connectivity index (χ2v) is 5.43. The lowest BCUT2D eigenvalue weighted by Gasteiger charge is -2.15. The van der Waals surface area contributed by atoms with Gasteiger partial charge in [0.25, 0.3) is 0 Å². The van der Waals surface area contributed by atoms with Crippen LogP contribution < -0.4 is 5.32 Å². The number of thioether (sulfide) groups is 1. The molecule has 0 aromatic carbocycles. The average Bonchev–Trinajstić information content (AvgIpc) is 2.30. The minimum atomic E-state index is -0.850. The smallest absolute Gasteiger partial charge is 0.412 e. The average molecular weight is 372 g/mol. The first-order valence-corrected chi connectivity index (χ1v) is 7.66. The van der Waals surface area contributed by atoms with Crippen LogP contribution in [-0.2, 0) is 9.53 Å². The fourth-order valence-corrected chi connectivity index (χ4v) is 2.49. The Bertz CT molecular complexity index is 327. The second kappa shape index (κ2) is 7.75. The predicted molar refractivity (Wildman–Crippen MR) is 73.6 cm³/mol. The molecule has 0 radical (unpaired) electrons. The van der Waals surface area contributed by atoms with Gasteiger partial charge in [-0.25, -0.2) is 4.79 Å². The van der Waals surface area contributed by atoms with Gasteiger partial charge in [0.1, 0.15) is 0 Å². The Labute approximate surface area is 117 Å². The summed E-state index contributed by atoms with van der Waals surface area (Å²) in [7, 11) is 0. The highest BCUT2D eigenvalue weighted by Crippen LogP contribution is 2.22. The summed E-state index contributed by atoms with van der Waals surface area (Å²) in [6.07, 6.45) is 1.64. The van der Waals surface area contributed by atoms with Crippen molar-refractivity contribution in [2.45, 2.75) is 12.8 Å². The fourth-order valence-electron chi connectivity index (χ4n) is 1.19. The largest absolute Gasteiger partial charge is 0.457 e. The van der Waals surface area contributed by atoms with Crippen LogP contribution in [0.5, 0.6) is 0 Å². The molecule has 1 aliphatic rings. The van der Waals surface area contributed by atoms with Crippen molar-refractivity contribution in [2.24, 2.45) is 0 Å². The van der Waals surface area contributed by atoms with Crippen LogP contribution in [0.4, 0.5) is 0 Å². The Morgan fingerprint density at radius 1 is 1.65 bits per heavy atom. The quantitative estimate of drug-likeness (QED) is 0.150. The first-order valence-electron chi connectivity index (χ1n) is 5.15. The Morgan fingerprint density at radius 3 is 2.94 bits per heavy atom. The van der Waals surface area contributed by atoms with E-state index in [1.807, 2.05) is 0 Å². The summed E-state index contributed by atoms with van der Waals surface area (Å²) in [5.74, 6) is -0.0718. The van der Waals surface area contributed by atoms with E-state index in [0.29, 0.717) is 18.0 Å². The van der Waals surface area contributed by atoms with Gasteiger partial charge in [-0.05, 0) is 12.8 Å². The van der Waals surface area contributed by atoms with E-state index in [2.05, 4.69) is 27.9 Å². The molecule has 1 rings (SSSR count). The minimum absolute atomic E-state index is 0.219. The van der Waals surface area contributed by atoms with Gasteiger partial charge >= 0.3 is 11.7 Å². The number of nitrogens with zero attached hydrogens (tertiary/aromatic N) is 1. The van der Waals surface area contributed by atoms with Gasteiger partial charge in [0, 0.05) is 16.7 Å². The highest BCUT2D eigenvalue weighted by Gasteiger charge is 2.30. The molecule has 0 atom stereocenters. The number of ether oxygens (including phenoxy) is 1. The number of hydrogen-bond donors (Lipinski definition) is 1. The molecule has 0 amide bonds. The molecule has 0 aromatic rings. The number of nitro groups is 1. The third kappa shape index (κ3) is 4.70. The highest BCUT2D eigenvalue weighted by molar-refractivity contribution is 14.1. The normalized spacial score (nSPS) is 18.2. The van der Waals surface area contributed by atoms with Crippen LogP contribution in [0.25, 0.3) is 0 Å². The first kappa shape index (κ1) is 14.6. The van der Waals surface area contributed by atoms with Gasteiger partial charge in [-0.1, -0.05) is 22.6 Å². The van der Waals surface area contributed by atoms with Gasteiger partial charge in [-0.3, -0.25) is 10.1 Å². The summed E-state index contributed by atoms with van der Waals surface area (Å²) >= 11 is 3.45. The maximum Gasteiger partial charge on any atom is 0.412 e. The molecule has 0 unspecified atom stereocenters. The molecular weight excluding hydrogens is 359 g/mol. The molecule has 0 spiro atoms. The Hall–Kier alpha value is -0.510. The Balaban J connectivity index is 2.70. The number of esters is 1.